The fourth-order valence-electron chi connectivity index (χ4n) is 1.51. The largest absolute Gasteiger partial charge is 0.449 e. The van der Waals surface area contributed by atoms with Gasteiger partial charge in [0.25, 0.3) is 0 Å². The Kier molecular flexibility index (Phi) is 3.39. The van der Waals surface area contributed by atoms with Crippen LogP contribution in [0.3, 0.4) is 0 Å². The molecule has 0 fully saturated rings. The topological polar surface area (TPSA) is 76.2 Å². The van der Waals surface area contributed by atoms with E-state index in [0.717, 1.165) is 6.07 Å². The fraction of sp³-hybridized carbons (Fsp3) is 0. The highest BCUT2D eigenvalue weighted by Crippen LogP contribution is 2.32. The average Bonchev–Trinajstić information content (AvgIpc) is 2.39. The summed E-state index contributed by atoms with van der Waals surface area (Å²) in [6.07, 6.45) is 0. The van der Waals surface area contributed by atoms with E-state index in [1.165, 1.54) is 30.3 Å². The van der Waals surface area contributed by atoms with Crippen LogP contribution in [0.15, 0.2) is 42.5 Å². The third-order valence-corrected chi connectivity index (χ3v) is 2.37. The van der Waals surface area contributed by atoms with E-state index < -0.39 is 10.7 Å². The highest BCUT2D eigenvalue weighted by molar-refractivity contribution is 5.51. The van der Waals surface area contributed by atoms with Crippen molar-refractivity contribution in [2.24, 2.45) is 0 Å². The number of nitrogens with zero attached hydrogens (tertiary/aromatic N) is 2. The maximum atomic E-state index is 13.4. The minimum absolute atomic E-state index is 0.0467. The van der Waals surface area contributed by atoms with E-state index in [4.69, 9.17) is 10.00 Å². The summed E-state index contributed by atoms with van der Waals surface area (Å²) in [5.74, 6) is -0.843. The molecule has 6 heteroatoms. The summed E-state index contributed by atoms with van der Waals surface area (Å²) in [6, 6.07) is 11.2. The molecule has 0 aromatic heterocycles. The summed E-state index contributed by atoms with van der Waals surface area (Å²) in [7, 11) is 0. The Balaban J connectivity index is 2.46. The van der Waals surface area contributed by atoms with Crippen molar-refractivity contribution in [3.8, 4) is 17.6 Å². The van der Waals surface area contributed by atoms with Crippen LogP contribution in [0.2, 0.25) is 0 Å². The van der Waals surface area contributed by atoms with Crippen LogP contribution >= 0.6 is 0 Å². The molecule has 2 rings (SSSR count). The van der Waals surface area contributed by atoms with Crippen LogP contribution in [-0.4, -0.2) is 4.92 Å². The van der Waals surface area contributed by atoms with Crippen LogP contribution in [-0.2, 0) is 0 Å². The van der Waals surface area contributed by atoms with Crippen molar-refractivity contribution < 1.29 is 14.1 Å². The van der Waals surface area contributed by atoms with Gasteiger partial charge in [0.05, 0.1) is 4.92 Å². The number of nitro benzene ring substituents is 1. The molecule has 0 heterocycles. The lowest BCUT2D eigenvalue weighted by molar-refractivity contribution is -0.385. The van der Waals surface area contributed by atoms with Gasteiger partial charge in [-0.25, -0.2) is 4.39 Å². The van der Waals surface area contributed by atoms with Crippen molar-refractivity contribution in [1.82, 2.24) is 0 Å². The molecule has 0 unspecified atom stereocenters. The van der Waals surface area contributed by atoms with Crippen molar-refractivity contribution in [2.75, 3.05) is 0 Å². The van der Waals surface area contributed by atoms with Crippen LogP contribution < -0.4 is 4.74 Å². The maximum Gasteiger partial charge on any atom is 0.311 e. The smallest absolute Gasteiger partial charge is 0.311 e. The van der Waals surface area contributed by atoms with Crippen LogP contribution in [0, 0.1) is 27.3 Å². The monoisotopic (exact) mass is 258 g/mol. The van der Waals surface area contributed by atoms with Gasteiger partial charge in [0, 0.05) is 6.07 Å². The number of hydrogen-bond donors (Lipinski definition) is 0. The molecule has 19 heavy (non-hydrogen) atoms. The van der Waals surface area contributed by atoms with Crippen molar-refractivity contribution in [3.63, 3.8) is 0 Å². The predicted octanol–water partition coefficient (Wildman–Crippen LogP) is 3.40. The number of benzene rings is 2. The molecular formula is C13H7FN2O3. The van der Waals surface area contributed by atoms with Gasteiger partial charge in [-0.1, -0.05) is 18.2 Å². The first kappa shape index (κ1) is 12.5. The SMILES string of the molecule is N#Cc1c(F)cccc1Oc1ccccc1[N+](=O)[O-]. The molecular weight excluding hydrogens is 251 g/mol. The standard InChI is InChI=1S/C13H7FN2O3/c14-10-4-3-7-12(9(10)8-15)19-13-6-2-1-5-11(13)16(17)18/h1-7H. The molecule has 0 radical (unpaired) electrons. The highest BCUT2D eigenvalue weighted by atomic mass is 19.1. The third kappa shape index (κ3) is 2.50. The molecule has 2 aromatic rings. The molecule has 0 aliphatic heterocycles. The third-order valence-electron chi connectivity index (χ3n) is 2.37. The lowest BCUT2D eigenvalue weighted by Crippen LogP contribution is -1.95. The zero-order valence-corrected chi connectivity index (χ0v) is 9.54. The normalized spacial score (nSPS) is 9.68. The quantitative estimate of drug-likeness (QED) is 0.624. The average molecular weight is 258 g/mol. The van der Waals surface area contributed by atoms with Crippen LogP contribution in [0.4, 0.5) is 10.1 Å². The minimum Gasteiger partial charge on any atom is -0.449 e. The van der Waals surface area contributed by atoms with Gasteiger partial charge in [-0.05, 0) is 18.2 Å². The molecule has 0 N–H and O–H groups in total. The van der Waals surface area contributed by atoms with E-state index in [-0.39, 0.29) is 22.7 Å². The summed E-state index contributed by atoms with van der Waals surface area (Å²) in [6.45, 7) is 0. The van der Waals surface area contributed by atoms with E-state index in [0.29, 0.717) is 0 Å². The van der Waals surface area contributed by atoms with Crippen LogP contribution in [0.1, 0.15) is 5.56 Å². The lowest BCUT2D eigenvalue weighted by atomic mass is 10.2. The van der Waals surface area contributed by atoms with Crippen molar-refractivity contribution >= 4 is 5.69 Å². The molecule has 94 valence electrons. The number of hydrogen-bond acceptors (Lipinski definition) is 4. The Hall–Kier alpha value is -2.94. The Morgan fingerprint density at radius 3 is 2.53 bits per heavy atom. The molecule has 2 aromatic carbocycles. The van der Waals surface area contributed by atoms with E-state index in [1.807, 2.05) is 0 Å². The molecule has 0 aliphatic rings. The zero-order chi connectivity index (χ0) is 13.8. The second-order valence-corrected chi connectivity index (χ2v) is 3.55. The van der Waals surface area contributed by atoms with Gasteiger partial charge >= 0.3 is 5.69 Å². The van der Waals surface area contributed by atoms with Crippen molar-refractivity contribution in [1.29, 1.82) is 5.26 Å². The molecule has 0 amide bonds. The second kappa shape index (κ2) is 5.14. The summed E-state index contributed by atoms with van der Waals surface area (Å²) in [5, 5.41) is 19.7. The Labute approximate surface area is 107 Å². The fourth-order valence-corrected chi connectivity index (χ4v) is 1.51. The van der Waals surface area contributed by atoms with Gasteiger partial charge in [0.2, 0.25) is 5.75 Å². The van der Waals surface area contributed by atoms with Crippen molar-refractivity contribution in [2.45, 2.75) is 0 Å². The summed E-state index contributed by atoms with van der Waals surface area (Å²) in [4.78, 5) is 10.2. The van der Waals surface area contributed by atoms with E-state index in [9.17, 15) is 14.5 Å². The van der Waals surface area contributed by atoms with Gasteiger partial charge in [0.15, 0.2) is 0 Å². The number of nitro groups is 1. The molecule has 0 aliphatic carbocycles. The number of ether oxygens (including phenoxy) is 1. The molecule has 0 bridgehead atoms. The number of nitriles is 1. The molecule has 0 saturated carbocycles. The lowest BCUT2D eigenvalue weighted by Gasteiger charge is -2.07. The van der Waals surface area contributed by atoms with Gasteiger partial charge in [0.1, 0.15) is 23.2 Å². The number of para-hydroxylation sites is 2. The Bertz CT molecular complexity index is 680. The van der Waals surface area contributed by atoms with Gasteiger partial charge in [-0.15, -0.1) is 0 Å². The first-order valence-corrected chi connectivity index (χ1v) is 5.23. The molecule has 5 nitrogen and oxygen atoms in total. The summed E-state index contributed by atoms with van der Waals surface area (Å²) < 4.78 is 18.6. The zero-order valence-electron chi connectivity index (χ0n) is 9.54. The van der Waals surface area contributed by atoms with Gasteiger partial charge in [-0.2, -0.15) is 5.26 Å². The van der Waals surface area contributed by atoms with Crippen molar-refractivity contribution in [3.05, 3.63) is 64.0 Å². The number of rotatable bonds is 3. The summed E-state index contributed by atoms with van der Waals surface area (Å²) >= 11 is 0. The first-order valence-electron chi connectivity index (χ1n) is 5.23. The summed E-state index contributed by atoms with van der Waals surface area (Å²) in [5.41, 5.74) is -0.545. The van der Waals surface area contributed by atoms with E-state index >= 15 is 0 Å². The Morgan fingerprint density at radius 1 is 1.16 bits per heavy atom. The van der Waals surface area contributed by atoms with E-state index in [1.54, 1.807) is 12.1 Å². The Morgan fingerprint density at radius 2 is 1.84 bits per heavy atom. The molecule has 0 saturated heterocycles. The van der Waals surface area contributed by atoms with E-state index in [2.05, 4.69) is 0 Å². The predicted molar refractivity (Wildman–Crippen MR) is 64.3 cm³/mol. The second-order valence-electron chi connectivity index (χ2n) is 3.55. The van der Waals surface area contributed by atoms with Gasteiger partial charge in [-0.3, -0.25) is 10.1 Å². The van der Waals surface area contributed by atoms with Crippen LogP contribution in [0.25, 0.3) is 0 Å². The maximum absolute atomic E-state index is 13.4. The molecule has 0 spiro atoms. The highest BCUT2D eigenvalue weighted by Gasteiger charge is 2.17. The van der Waals surface area contributed by atoms with Crippen LogP contribution in [0.5, 0.6) is 11.5 Å². The molecule has 0 atom stereocenters. The first-order chi connectivity index (χ1) is 9.13. The minimum atomic E-state index is -0.737. The number of halogens is 1. The van der Waals surface area contributed by atoms with Gasteiger partial charge < -0.3 is 4.74 Å².